The second-order valence-corrected chi connectivity index (χ2v) is 6.03. The van der Waals surface area contributed by atoms with E-state index in [-0.39, 0.29) is 12.1 Å². The molecule has 1 aromatic rings. The molecule has 19 heavy (non-hydrogen) atoms. The van der Waals surface area contributed by atoms with Crippen molar-refractivity contribution >= 4 is 17.8 Å². The van der Waals surface area contributed by atoms with E-state index in [2.05, 4.69) is 29.7 Å². The van der Waals surface area contributed by atoms with Crippen LogP contribution in [0.4, 0.5) is 4.79 Å². The maximum absolute atomic E-state index is 11.5. The van der Waals surface area contributed by atoms with Crippen LogP contribution in [0.5, 0.6) is 0 Å². The van der Waals surface area contributed by atoms with E-state index in [1.165, 1.54) is 4.90 Å². The molecule has 2 atom stereocenters. The second-order valence-electron chi connectivity index (χ2n) is 4.52. The SMILES string of the molecule is CC(O)CCNC(=O)NCC(C)Sc1ccccc1. The van der Waals surface area contributed by atoms with Crippen LogP contribution < -0.4 is 10.6 Å². The quantitative estimate of drug-likeness (QED) is 0.672. The van der Waals surface area contributed by atoms with E-state index >= 15 is 0 Å². The highest BCUT2D eigenvalue weighted by Crippen LogP contribution is 2.21. The Hall–Kier alpha value is -1.20. The smallest absolute Gasteiger partial charge is 0.314 e. The predicted molar refractivity (Wildman–Crippen MR) is 79.5 cm³/mol. The molecule has 1 rings (SSSR count). The van der Waals surface area contributed by atoms with E-state index in [9.17, 15) is 4.79 Å². The van der Waals surface area contributed by atoms with Gasteiger partial charge in [0.1, 0.15) is 0 Å². The van der Waals surface area contributed by atoms with Crippen LogP contribution in [0.15, 0.2) is 35.2 Å². The first-order valence-electron chi connectivity index (χ1n) is 6.49. The van der Waals surface area contributed by atoms with Crippen molar-refractivity contribution in [3.05, 3.63) is 30.3 Å². The molecule has 106 valence electrons. The van der Waals surface area contributed by atoms with Gasteiger partial charge in [-0.05, 0) is 25.5 Å². The molecule has 0 saturated carbocycles. The lowest BCUT2D eigenvalue weighted by atomic mass is 10.3. The molecule has 0 saturated heterocycles. The molecule has 0 aromatic heterocycles. The number of amides is 2. The topological polar surface area (TPSA) is 61.4 Å². The predicted octanol–water partition coefficient (Wildman–Crippen LogP) is 2.24. The lowest BCUT2D eigenvalue weighted by Gasteiger charge is -2.13. The number of thioether (sulfide) groups is 1. The highest BCUT2D eigenvalue weighted by atomic mass is 32.2. The fourth-order valence-corrected chi connectivity index (χ4v) is 2.41. The molecule has 0 radical (unpaired) electrons. The van der Waals surface area contributed by atoms with Gasteiger partial charge in [-0.1, -0.05) is 25.1 Å². The van der Waals surface area contributed by atoms with Crippen molar-refractivity contribution in [2.75, 3.05) is 13.1 Å². The van der Waals surface area contributed by atoms with Crippen LogP contribution in [0.1, 0.15) is 20.3 Å². The minimum absolute atomic E-state index is 0.179. The van der Waals surface area contributed by atoms with E-state index in [0.717, 1.165) is 0 Å². The first-order valence-corrected chi connectivity index (χ1v) is 7.37. The highest BCUT2D eigenvalue weighted by Gasteiger charge is 2.06. The van der Waals surface area contributed by atoms with E-state index in [0.29, 0.717) is 24.8 Å². The molecule has 2 unspecified atom stereocenters. The molecule has 0 aliphatic rings. The molecule has 4 nitrogen and oxygen atoms in total. The molecular weight excluding hydrogens is 260 g/mol. The zero-order valence-electron chi connectivity index (χ0n) is 11.4. The van der Waals surface area contributed by atoms with Gasteiger partial charge in [-0.3, -0.25) is 0 Å². The third-order valence-corrected chi connectivity index (χ3v) is 3.59. The Kier molecular flexibility index (Phi) is 7.36. The lowest BCUT2D eigenvalue weighted by Crippen LogP contribution is -2.39. The number of rotatable bonds is 7. The zero-order valence-corrected chi connectivity index (χ0v) is 12.2. The number of hydrogen-bond acceptors (Lipinski definition) is 3. The summed E-state index contributed by atoms with van der Waals surface area (Å²) in [6, 6.07) is 9.94. The molecule has 0 spiro atoms. The monoisotopic (exact) mass is 282 g/mol. The fraction of sp³-hybridized carbons (Fsp3) is 0.500. The van der Waals surface area contributed by atoms with Gasteiger partial charge in [-0.15, -0.1) is 11.8 Å². The van der Waals surface area contributed by atoms with Crippen LogP contribution in [-0.2, 0) is 0 Å². The molecule has 5 heteroatoms. The average Bonchev–Trinajstić information content (AvgIpc) is 2.37. The van der Waals surface area contributed by atoms with E-state index in [4.69, 9.17) is 5.11 Å². The number of aliphatic hydroxyl groups is 1. The summed E-state index contributed by atoms with van der Waals surface area (Å²) in [5, 5.41) is 14.9. The molecule has 0 bridgehead atoms. The van der Waals surface area contributed by atoms with Gasteiger partial charge in [0.15, 0.2) is 0 Å². The summed E-state index contributed by atoms with van der Waals surface area (Å²) >= 11 is 1.73. The highest BCUT2D eigenvalue weighted by molar-refractivity contribution is 8.00. The van der Waals surface area contributed by atoms with Gasteiger partial charge in [0.05, 0.1) is 6.10 Å². The number of urea groups is 1. The van der Waals surface area contributed by atoms with Crippen molar-refractivity contribution in [3.63, 3.8) is 0 Å². The van der Waals surface area contributed by atoms with Gasteiger partial charge in [0.25, 0.3) is 0 Å². The molecule has 0 heterocycles. The van der Waals surface area contributed by atoms with Gasteiger partial charge in [0, 0.05) is 23.2 Å². The number of nitrogens with one attached hydrogen (secondary N) is 2. The van der Waals surface area contributed by atoms with Crippen molar-refractivity contribution in [3.8, 4) is 0 Å². The molecule has 2 amide bonds. The first-order chi connectivity index (χ1) is 9.08. The first kappa shape index (κ1) is 15.9. The average molecular weight is 282 g/mol. The van der Waals surface area contributed by atoms with Gasteiger partial charge in [-0.2, -0.15) is 0 Å². The molecular formula is C14H22N2O2S. The minimum Gasteiger partial charge on any atom is -0.393 e. The van der Waals surface area contributed by atoms with Crippen molar-refractivity contribution < 1.29 is 9.90 Å². The van der Waals surface area contributed by atoms with Crippen molar-refractivity contribution in [1.29, 1.82) is 0 Å². The van der Waals surface area contributed by atoms with E-state index in [1.807, 2.05) is 18.2 Å². The molecule has 0 aliphatic carbocycles. The zero-order chi connectivity index (χ0) is 14.1. The number of benzene rings is 1. The van der Waals surface area contributed by atoms with Crippen molar-refractivity contribution in [2.24, 2.45) is 0 Å². The lowest BCUT2D eigenvalue weighted by molar-refractivity contribution is 0.183. The van der Waals surface area contributed by atoms with E-state index < -0.39 is 0 Å². The maximum Gasteiger partial charge on any atom is 0.314 e. The van der Waals surface area contributed by atoms with Crippen LogP contribution in [0.3, 0.4) is 0 Å². The molecule has 0 fully saturated rings. The molecule has 3 N–H and O–H groups in total. The summed E-state index contributed by atoms with van der Waals surface area (Å²) < 4.78 is 0. The Morgan fingerprint density at radius 1 is 1.26 bits per heavy atom. The second kappa shape index (κ2) is 8.82. The number of carbonyl (C=O) groups is 1. The van der Waals surface area contributed by atoms with Gasteiger partial charge < -0.3 is 15.7 Å². The van der Waals surface area contributed by atoms with Crippen LogP contribution in [0.2, 0.25) is 0 Å². The van der Waals surface area contributed by atoms with Crippen LogP contribution >= 0.6 is 11.8 Å². The van der Waals surface area contributed by atoms with Gasteiger partial charge >= 0.3 is 6.03 Å². The normalized spacial score (nSPS) is 13.6. The summed E-state index contributed by atoms with van der Waals surface area (Å²) in [5.74, 6) is 0. The summed E-state index contributed by atoms with van der Waals surface area (Å²) in [4.78, 5) is 12.7. The summed E-state index contributed by atoms with van der Waals surface area (Å²) in [5.41, 5.74) is 0. The van der Waals surface area contributed by atoms with Crippen LogP contribution in [-0.4, -0.2) is 35.6 Å². The summed E-state index contributed by atoms with van der Waals surface area (Å²) in [7, 11) is 0. The minimum atomic E-state index is -0.382. The maximum atomic E-state index is 11.5. The number of hydrogen-bond donors (Lipinski definition) is 3. The van der Waals surface area contributed by atoms with E-state index in [1.54, 1.807) is 18.7 Å². The summed E-state index contributed by atoms with van der Waals surface area (Å²) in [6.45, 7) is 4.88. The molecule has 1 aromatic carbocycles. The Morgan fingerprint density at radius 3 is 2.58 bits per heavy atom. The molecule has 0 aliphatic heterocycles. The number of aliphatic hydroxyl groups excluding tert-OH is 1. The van der Waals surface area contributed by atoms with Crippen molar-refractivity contribution in [1.82, 2.24) is 10.6 Å². The van der Waals surface area contributed by atoms with Gasteiger partial charge in [-0.25, -0.2) is 4.79 Å². The fourth-order valence-electron chi connectivity index (χ4n) is 1.47. The van der Waals surface area contributed by atoms with Crippen LogP contribution in [0.25, 0.3) is 0 Å². The van der Waals surface area contributed by atoms with Gasteiger partial charge in [0.2, 0.25) is 0 Å². The summed E-state index contributed by atoms with van der Waals surface area (Å²) in [6.07, 6.45) is 0.190. The van der Waals surface area contributed by atoms with Crippen LogP contribution in [0, 0.1) is 0 Å². The Bertz CT molecular complexity index is 371. The Balaban J connectivity index is 2.16. The largest absolute Gasteiger partial charge is 0.393 e. The number of carbonyl (C=O) groups excluding carboxylic acids is 1. The Morgan fingerprint density at radius 2 is 1.95 bits per heavy atom. The van der Waals surface area contributed by atoms with Crippen molar-refractivity contribution in [2.45, 2.75) is 36.5 Å². The standard InChI is InChI=1S/C14H22N2O2S/c1-11(17)8-9-15-14(18)16-10-12(2)19-13-6-4-3-5-7-13/h3-7,11-12,17H,8-10H2,1-2H3,(H2,15,16,18). The Labute approximate surface area is 119 Å². The third kappa shape index (κ3) is 7.74. The third-order valence-electron chi connectivity index (χ3n) is 2.48.